The Labute approximate surface area is 304 Å². The molecule has 0 aliphatic carbocycles. The molecule has 53 heavy (non-hydrogen) atoms. The molecule has 4 atom stereocenters. The number of cyclic esters (lactones) is 1. The van der Waals surface area contributed by atoms with Crippen LogP contribution in [0, 0.1) is 0 Å². The summed E-state index contributed by atoms with van der Waals surface area (Å²) in [7, 11) is 0. The highest BCUT2D eigenvalue weighted by atomic mass is 16.8. The second-order valence-corrected chi connectivity index (χ2v) is 13.1. The first-order valence-electron chi connectivity index (χ1n) is 17.5. The standard InChI is InChI=1S/C37H38N6O10/c44-31-21-49-15-13-40(31)23-5-9-25(10-6-23)42-19-27(51-36-35(42)53-36)17-38-33(46)29-3-1-2-4-30(29)34(47)39-18-28-20-43(37(48)52-28)26-11-7-24(8-12-26)41-14-16-50-22-32(41)45/h1-12,27-28,35-36H,13-22H2,(H,38,46)(H,39,47)/t27-,28-,35?,36?/m0/s1. The number of carbonyl (C=O) groups is 5. The number of carbonyl (C=O) groups excluding carboxylic acids is 5. The average Bonchev–Trinajstić information content (AvgIpc) is 3.88. The highest BCUT2D eigenvalue weighted by molar-refractivity contribution is 6.07. The molecule has 2 N–H and O–H groups in total. The van der Waals surface area contributed by atoms with E-state index < -0.39 is 30.3 Å². The van der Waals surface area contributed by atoms with Gasteiger partial charge >= 0.3 is 6.09 Å². The first kappa shape index (κ1) is 34.5. The zero-order valence-electron chi connectivity index (χ0n) is 28.7. The average molecular weight is 727 g/mol. The van der Waals surface area contributed by atoms with Crippen LogP contribution in [-0.2, 0) is 33.3 Å². The predicted molar refractivity (Wildman–Crippen MR) is 189 cm³/mol. The molecule has 16 heteroatoms. The van der Waals surface area contributed by atoms with Gasteiger partial charge in [0.15, 0.2) is 6.23 Å². The molecule has 5 fully saturated rings. The Morgan fingerprint density at radius 1 is 0.623 bits per heavy atom. The molecule has 0 radical (unpaired) electrons. The van der Waals surface area contributed by atoms with Crippen molar-refractivity contribution in [3.63, 3.8) is 0 Å². The number of anilines is 4. The van der Waals surface area contributed by atoms with E-state index in [2.05, 4.69) is 15.5 Å². The number of hydrogen-bond donors (Lipinski definition) is 2. The van der Waals surface area contributed by atoms with Crippen molar-refractivity contribution in [3.8, 4) is 0 Å². The highest BCUT2D eigenvalue weighted by Crippen LogP contribution is 2.37. The Kier molecular flexibility index (Phi) is 9.66. The van der Waals surface area contributed by atoms with Crippen LogP contribution in [0.5, 0.6) is 0 Å². The summed E-state index contributed by atoms with van der Waals surface area (Å²) >= 11 is 0. The summed E-state index contributed by atoms with van der Waals surface area (Å²) in [6.45, 7) is 2.89. The minimum absolute atomic E-state index is 0.0346. The lowest BCUT2D eigenvalue weighted by molar-refractivity contribution is -0.126. The van der Waals surface area contributed by atoms with Crippen LogP contribution < -0.4 is 30.2 Å². The van der Waals surface area contributed by atoms with Gasteiger partial charge in [-0.3, -0.25) is 24.1 Å². The van der Waals surface area contributed by atoms with E-state index in [0.717, 1.165) is 11.4 Å². The lowest BCUT2D eigenvalue weighted by atomic mass is 10.1. The minimum Gasteiger partial charge on any atom is -0.442 e. The van der Waals surface area contributed by atoms with Gasteiger partial charge in [-0.2, -0.15) is 0 Å². The fourth-order valence-corrected chi connectivity index (χ4v) is 6.87. The second kappa shape index (κ2) is 14.8. The normalized spacial score (nSPS) is 24.1. The van der Waals surface area contributed by atoms with Crippen molar-refractivity contribution in [1.82, 2.24) is 10.6 Å². The van der Waals surface area contributed by atoms with E-state index in [1.54, 1.807) is 58.3 Å². The largest absolute Gasteiger partial charge is 0.442 e. The van der Waals surface area contributed by atoms with Gasteiger partial charge in [-0.05, 0) is 60.7 Å². The van der Waals surface area contributed by atoms with Crippen LogP contribution in [0.25, 0.3) is 0 Å². The van der Waals surface area contributed by atoms with E-state index >= 15 is 0 Å². The molecule has 3 aromatic carbocycles. The summed E-state index contributed by atoms with van der Waals surface area (Å²) in [5, 5.41) is 5.70. The van der Waals surface area contributed by atoms with Crippen LogP contribution in [-0.4, -0.2) is 120 Å². The number of nitrogens with one attached hydrogen (secondary N) is 2. The summed E-state index contributed by atoms with van der Waals surface area (Å²) in [6, 6.07) is 21.2. The van der Waals surface area contributed by atoms with E-state index in [1.807, 2.05) is 24.3 Å². The summed E-state index contributed by atoms with van der Waals surface area (Å²) in [6.07, 6.45) is -2.22. The van der Waals surface area contributed by atoms with Crippen LogP contribution >= 0.6 is 0 Å². The number of fused-ring (bicyclic) bond motifs is 1. The molecule has 5 aliphatic heterocycles. The van der Waals surface area contributed by atoms with E-state index in [9.17, 15) is 24.0 Å². The van der Waals surface area contributed by atoms with Crippen molar-refractivity contribution in [1.29, 1.82) is 0 Å². The molecule has 0 bridgehead atoms. The van der Waals surface area contributed by atoms with Gasteiger partial charge in [-0.15, -0.1) is 0 Å². The molecule has 276 valence electrons. The van der Waals surface area contributed by atoms with Gasteiger partial charge in [-0.25, -0.2) is 4.79 Å². The molecule has 5 amide bonds. The molecule has 3 aromatic rings. The van der Waals surface area contributed by atoms with Crippen molar-refractivity contribution in [3.05, 3.63) is 83.9 Å². The zero-order chi connectivity index (χ0) is 36.5. The Hall–Kier alpha value is -5.55. The Bertz CT molecular complexity index is 1890. The maximum atomic E-state index is 13.4. The van der Waals surface area contributed by atoms with Gasteiger partial charge in [0, 0.05) is 48.9 Å². The molecular weight excluding hydrogens is 688 g/mol. The molecule has 0 saturated carbocycles. The smallest absolute Gasteiger partial charge is 0.414 e. The maximum Gasteiger partial charge on any atom is 0.414 e. The van der Waals surface area contributed by atoms with Crippen molar-refractivity contribution in [2.45, 2.75) is 24.7 Å². The molecule has 5 saturated heterocycles. The number of epoxide rings is 1. The number of hydrogen-bond acceptors (Lipinski definition) is 11. The minimum atomic E-state index is -0.620. The molecule has 16 nitrogen and oxygen atoms in total. The van der Waals surface area contributed by atoms with Gasteiger partial charge in [0.25, 0.3) is 23.6 Å². The number of ether oxygens (including phenoxy) is 5. The fraction of sp³-hybridized carbons (Fsp3) is 0.378. The van der Waals surface area contributed by atoms with Gasteiger partial charge < -0.3 is 49.0 Å². The fourth-order valence-electron chi connectivity index (χ4n) is 6.87. The molecule has 0 spiro atoms. The molecule has 0 aromatic heterocycles. The predicted octanol–water partition coefficient (Wildman–Crippen LogP) is 1.49. The van der Waals surface area contributed by atoms with E-state index in [-0.39, 0.29) is 68.1 Å². The summed E-state index contributed by atoms with van der Waals surface area (Å²) < 4.78 is 27.7. The van der Waals surface area contributed by atoms with E-state index in [4.69, 9.17) is 23.7 Å². The van der Waals surface area contributed by atoms with Gasteiger partial charge in [0.1, 0.15) is 19.3 Å². The van der Waals surface area contributed by atoms with Crippen LogP contribution in [0.15, 0.2) is 72.8 Å². The quantitative estimate of drug-likeness (QED) is 0.290. The SMILES string of the molecule is O=C(NC[C@H]1CN(c2ccc(N3CCOCC3=O)cc2)C(=O)O1)c1ccccc1C(=O)NC[C@H]1CN(c2ccc(N3CCOCC3=O)cc2)C2OC2O1. The number of rotatable bonds is 10. The van der Waals surface area contributed by atoms with Crippen LogP contribution in [0.4, 0.5) is 27.5 Å². The second-order valence-electron chi connectivity index (χ2n) is 13.1. The number of nitrogens with zero attached hydrogens (tertiary/aromatic N) is 4. The van der Waals surface area contributed by atoms with Crippen molar-refractivity contribution >= 4 is 52.5 Å². The van der Waals surface area contributed by atoms with Crippen molar-refractivity contribution in [2.75, 3.05) is 85.3 Å². The third-order valence-electron chi connectivity index (χ3n) is 9.67. The molecular formula is C37H38N6O10. The van der Waals surface area contributed by atoms with E-state index in [1.165, 1.54) is 4.90 Å². The lowest BCUT2D eigenvalue weighted by Gasteiger charge is -2.32. The highest BCUT2D eigenvalue weighted by Gasteiger charge is 2.51. The summed E-state index contributed by atoms with van der Waals surface area (Å²) in [5.41, 5.74) is 3.38. The summed E-state index contributed by atoms with van der Waals surface area (Å²) in [5.74, 6) is -1.13. The lowest BCUT2D eigenvalue weighted by Crippen LogP contribution is -2.48. The third kappa shape index (κ3) is 7.39. The van der Waals surface area contributed by atoms with Gasteiger partial charge in [-0.1, -0.05) is 12.1 Å². The Morgan fingerprint density at radius 3 is 1.68 bits per heavy atom. The first-order valence-corrected chi connectivity index (χ1v) is 17.5. The van der Waals surface area contributed by atoms with Crippen molar-refractivity contribution < 1.29 is 47.7 Å². The number of morpholine rings is 3. The topological polar surface area (TPSA) is 172 Å². The Balaban J connectivity index is 0.836. The van der Waals surface area contributed by atoms with E-state index in [0.29, 0.717) is 44.2 Å². The number of benzene rings is 3. The monoisotopic (exact) mass is 726 g/mol. The number of amides is 5. The summed E-state index contributed by atoms with van der Waals surface area (Å²) in [4.78, 5) is 70.7. The molecule has 5 aliphatic rings. The third-order valence-corrected chi connectivity index (χ3v) is 9.67. The van der Waals surface area contributed by atoms with Gasteiger partial charge in [0.05, 0.1) is 43.5 Å². The molecule has 5 heterocycles. The maximum absolute atomic E-state index is 13.4. The van der Waals surface area contributed by atoms with Crippen LogP contribution in [0.3, 0.4) is 0 Å². The molecule has 2 unspecified atom stereocenters. The van der Waals surface area contributed by atoms with Crippen LogP contribution in [0.2, 0.25) is 0 Å². The van der Waals surface area contributed by atoms with Crippen molar-refractivity contribution in [2.24, 2.45) is 0 Å². The zero-order valence-corrected chi connectivity index (χ0v) is 28.7. The Morgan fingerprint density at radius 2 is 1.13 bits per heavy atom. The van der Waals surface area contributed by atoms with Crippen LogP contribution in [0.1, 0.15) is 20.7 Å². The van der Waals surface area contributed by atoms with Gasteiger partial charge in [0.2, 0.25) is 6.29 Å². The molecule has 8 rings (SSSR count). The first-order chi connectivity index (χ1) is 25.8.